The molecule has 108 valence electrons. The second-order valence-electron chi connectivity index (χ2n) is 7.17. The van der Waals surface area contributed by atoms with E-state index in [9.17, 15) is 13.9 Å². The molecule has 0 amide bonds. The molecule has 4 aliphatic carbocycles. The van der Waals surface area contributed by atoms with E-state index in [1.807, 2.05) is 0 Å². The van der Waals surface area contributed by atoms with Gasteiger partial charge in [0.1, 0.15) is 11.6 Å². The van der Waals surface area contributed by atoms with Gasteiger partial charge in [-0.3, -0.25) is 0 Å². The summed E-state index contributed by atoms with van der Waals surface area (Å²) in [6.07, 6.45) is 5.61. The molecule has 0 radical (unpaired) electrons. The highest BCUT2D eigenvalue weighted by atomic mass is 19.1. The van der Waals surface area contributed by atoms with Gasteiger partial charge in [0.25, 0.3) is 0 Å². The summed E-state index contributed by atoms with van der Waals surface area (Å²) < 4.78 is 27.8. The molecule has 0 saturated heterocycles. The molecule has 0 spiro atoms. The number of benzene rings is 1. The maximum atomic E-state index is 13.9. The summed E-state index contributed by atoms with van der Waals surface area (Å²) in [5, 5.41) is 11.2. The van der Waals surface area contributed by atoms with Gasteiger partial charge in [-0.25, -0.2) is 8.78 Å². The Morgan fingerprint density at radius 1 is 0.950 bits per heavy atom. The van der Waals surface area contributed by atoms with E-state index >= 15 is 0 Å². The van der Waals surface area contributed by atoms with Crippen LogP contribution in [0.5, 0.6) is 0 Å². The summed E-state index contributed by atoms with van der Waals surface area (Å²) in [6.45, 7) is 0. The molecule has 3 heteroatoms. The quantitative estimate of drug-likeness (QED) is 0.874. The van der Waals surface area contributed by atoms with Crippen molar-refractivity contribution in [2.24, 2.45) is 23.7 Å². The first-order valence-electron chi connectivity index (χ1n) is 7.71. The van der Waals surface area contributed by atoms with Crippen LogP contribution in [0, 0.1) is 35.3 Å². The van der Waals surface area contributed by atoms with Gasteiger partial charge >= 0.3 is 0 Å². The monoisotopic (exact) mass is 278 g/mol. The van der Waals surface area contributed by atoms with Crippen LogP contribution in [0.3, 0.4) is 0 Å². The van der Waals surface area contributed by atoms with Gasteiger partial charge in [-0.15, -0.1) is 0 Å². The highest BCUT2D eigenvalue weighted by Crippen LogP contribution is 2.59. The summed E-state index contributed by atoms with van der Waals surface area (Å²) in [7, 11) is 0. The zero-order chi connectivity index (χ0) is 13.9. The molecule has 4 bridgehead atoms. The third kappa shape index (κ3) is 1.75. The van der Waals surface area contributed by atoms with Crippen LogP contribution < -0.4 is 0 Å². The first-order chi connectivity index (χ1) is 9.56. The minimum Gasteiger partial charge on any atom is -0.389 e. The SMILES string of the molecule is OC1(Cc2c(F)cccc2F)C2CC3CC(C2)CC1C3. The van der Waals surface area contributed by atoms with E-state index in [0.717, 1.165) is 37.5 Å². The standard InChI is InChI=1S/C17H20F2O/c18-15-2-1-3-16(19)14(15)9-17(20)12-5-10-4-11(7-12)8-13(17)6-10/h1-3,10-13,20H,4-9H2. The van der Waals surface area contributed by atoms with Crippen LogP contribution in [0.1, 0.15) is 37.7 Å². The lowest BCUT2D eigenvalue weighted by Crippen LogP contribution is -2.58. The van der Waals surface area contributed by atoms with Crippen molar-refractivity contribution >= 4 is 0 Å². The lowest BCUT2D eigenvalue weighted by atomic mass is 9.49. The molecule has 20 heavy (non-hydrogen) atoms. The van der Waals surface area contributed by atoms with E-state index in [0.29, 0.717) is 0 Å². The fourth-order valence-electron chi connectivity index (χ4n) is 5.27. The van der Waals surface area contributed by atoms with Crippen molar-refractivity contribution in [3.8, 4) is 0 Å². The van der Waals surface area contributed by atoms with Gasteiger partial charge in [-0.2, -0.15) is 0 Å². The highest BCUT2D eigenvalue weighted by Gasteiger charge is 2.56. The Morgan fingerprint density at radius 2 is 1.45 bits per heavy atom. The zero-order valence-electron chi connectivity index (χ0n) is 11.5. The zero-order valence-corrected chi connectivity index (χ0v) is 11.5. The Balaban J connectivity index is 1.68. The van der Waals surface area contributed by atoms with Crippen LogP contribution in [0.4, 0.5) is 8.78 Å². The van der Waals surface area contributed by atoms with Gasteiger partial charge in [-0.1, -0.05) is 6.07 Å². The van der Waals surface area contributed by atoms with Crippen molar-refractivity contribution in [3.05, 3.63) is 35.4 Å². The van der Waals surface area contributed by atoms with Crippen molar-refractivity contribution in [3.63, 3.8) is 0 Å². The number of aliphatic hydroxyl groups is 1. The van der Waals surface area contributed by atoms with Crippen molar-refractivity contribution < 1.29 is 13.9 Å². The molecule has 1 nitrogen and oxygen atoms in total. The minimum absolute atomic E-state index is 0.0717. The van der Waals surface area contributed by atoms with Crippen LogP contribution in [-0.4, -0.2) is 10.7 Å². The number of hydrogen-bond acceptors (Lipinski definition) is 1. The maximum absolute atomic E-state index is 13.9. The Morgan fingerprint density at radius 3 is 1.95 bits per heavy atom. The molecule has 4 fully saturated rings. The third-order valence-electron chi connectivity index (χ3n) is 6.07. The van der Waals surface area contributed by atoms with Gasteiger partial charge in [-0.05, 0) is 67.9 Å². The Labute approximate surface area is 118 Å². The van der Waals surface area contributed by atoms with Crippen molar-refractivity contribution in [1.29, 1.82) is 0 Å². The van der Waals surface area contributed by atoms with Crippen LogP contribution >= 0.6 is 0 Å². The maximum Gasteiger partial charge on any atom is 0.129 e. The van der Waals surface area contributed by atoms with Crippen molar-refractivity contribution in [2.75, 3.05) is 0 Å². The highest BCUT2D eigenvalue weighted by molar-refractivity contribution is 5.24. The number of hydrogen-bond donors (Lipinski definition) is 1. The van der Waals surface area contributed by atoms with Crippen LogP contribution in [-0.2, 0) is 6.42 Å². The number of halogens is 2. The van der Waals surface area contributed by atoms with Crippen molar-refractivity contribution in [1.82, 2.24) is 0 Å². The predicted octanol–water partition coefficient (Wildman–Crippen LogP) is 3.69. The molecule has 1 aromatic carbocycles. The smallest absolute Gasteiger partial charge is 0.129 e. The van der Waals surface area contributed by atoms with E-state index in [2.05, 4.69) is 0 Å². The van der Waals surface area contributed by atoms with Crippen molar-refractivity contribution in [2.45, 2.75) is 44.1 Å². The molecule has 0 unspecified atom stereocenters. The molecule has 0 atom stereocenters. The average molecular weight is 278 g/mol. The fourth-order valence-corrected chi connectivity index (χ4v) is 5.27. The summed E-state index contributed by atoms with van der Waals surface area (Å²) in [5.74, 6) is 0.904. The molecule has 4 saturated carbocycles. The van der Waals surface area contributed by atoms with Gasteiger partial charge in [0, 0.05) is 12.0 Å². The summed E-state index contributed by atoms with van der Waals surface area (Å²) in [4.78, 5) is 0. The topological polar surface area (TPSA) is 20.2 Å². The molecule has 5 rings (SSSR count). The molecule has 0 heterocycles. The number of rotatable bonds is 2. The Kier molecular flexibility index (Phi) is 2.72. The summed E-state index contributed by atoms with van der Waals surface area (Å²) >= 11 is 0. The van der Waals surface area contributed by atoms with Crippen LogP contribution in [0.25, 0.3) is 0 Å². The molecule has 0 aliphatic heterocycles. The normalized spacial score (nSPS) is 42.1. The Bertz CT molecular complexity index is 492. The molecule has 1 N–H and O–H groups in total. The largest absolute Gasteiger partial charge is 0.389 e. The minimum atomic E-state index is -0.892. The summed E-state index contributed by atoms with van der Waals surface area (Å²) in [5.41, 5.74) is -0.821. The molecular weight excluding hydrogens is 258 g/mol. The Hall–Kier alpha value is -0.960. The van der Waals surface area contributed by atoms with Crippen LogP contribution in [0.2, 0.25) is 0 Å². The molecule has 1 aromatic rings. The fraction of sp³-hybridized carbons (Fsp3) is 0.647. The van der Waals surface area contributed by atoms with Gasteiger partial charge in [0.2, 0.25) is 0 Å². The van der Waals surface area contributed by atoms with Crippen LogP contribution in [0.15, 0.2) is 18.2 Å². The third-order valence-corrected chi connectivity index (χ3v) is 6.07. The molecular formula is C17H20F2O. The van der Waals surface area contributed by atoms with E-state index in [4.69, 9.17) is 0 Å². The first kappa shape index (κ1) is 12.8. The molecule has 0 aromatic heterocycles. The lowest BCUT2D eigenvalue weighted by Gasteiger charge is -2.59. The summed E-state index contributed by atoms with van der Waals surface area (Å²) in [6, 6.07) is 3.96. The first-order valence-corrected chi connectivity index (χ1v) is 7.71. The van der Waals surface area contributed by atoms with Gasteiger partial charge in [0.15, 0.2) is 0 Å². The lowest BCUT2D eigenvalue weighted by molar-refractivity contribution is -0.172. The van der Waals surface area contributed by atoms with E-state index in [1.54, 1.807) is 0 Å². The second-order valence-corrected chi connectivity index (χ2v) is 7.17. The van der Waals surface area contributed by atoms with E-state index < -0.39 is 17.2 Å². The van der Waals surface area contributed by atoms with E-state index in [1.165, 1.54) is 24.6 Å². The average Bonchev–Trinajstić information content (AvgIpc) is 2.40. The second kappa shape index (κ2) is 4.27. The molecule has 4 aliphatic rings. The van der Waals surface area contributed by atoms with E-state index in [-0.39, 0.29) is 23.8 Å². The predicted molar refractivity (Wildman–Crippen MR) is 72.1 cm³/mol. The van der Waals surface area contributed by atoms with Gasteiger partial charge in [0.05, 0.1) is 5.60 Å². The van der Waals surface area contributed by atoms with Gasteiger partial charge < -0.3 is 5.11 Å².